The molecule has 2 aliphatic rings. The molecule has 3 heterocycles. The average molecular weight is 535 g/mol. The fourth-order valence-electron chi connectivity index (χ4n) is 5.89. The summed E-state index contributed by atoms with van der Waals surface area (Å²) in [5.41, 5.74) is 2.74. The van der Waals surface area contributed by atoms with Gasteiger partial charge in [0, 0.05) is 51.3 Å². The van der Waals surface area contributed by atoms with Crippen LogP contribution in [0.15, 0.2) is 60.8 Å². The van der Waals surface area contributed by atoms with Crippen LogP contribution in [0.1, 0.15) is 50.0 Å². The first kappa shape index (κ1) is 26.7. The van der Waals surface area contributed by atoms with E-state index < -0.39 is 17.5 Å². The molecule has 2 unspecified atom stereocenters. The lowest BCUT2D eigenvalue weighted by Gasteiger charge is -2.25. The fraction of sp³-hybridized carbons (Fsp3) is 0.367. The number of amides is 2. The topological polar surface area (TPSA) is 79.6 Å². The summed E-state index contributed by atoms with van der Waals surface area (Å²) in [5.74, 6) is -1.88. The van der Waals surface area contributed by atoms with Gasteiger partial charge in [0.2, 0.25) is 5.69 Å². The van der Waals surface area contributed by atoms with Gasteiger partial charge in [0.25, 0.3) is 11.8 Å². The Morgan fingerprint density at radius 1 is 1.00 bits per heavy atom. The molecule has 2 aromatic carbocycles. The Kier molecular flexibility index (Phi) is 7.61. The summed E-state index contributed by atoms with van der Waals surface area (Å²) < 4.78 is 27.8. The molecule has 2 aliphatic heterocycles. The molecule has 3 aromatic rings. The Hall–Kier alpha value is -3.85. The number of nitrogens with one attached hydrogen (secondary N) is 1. The molecule has 9 heteroatoms. The monoisotopic (exact) mass is 534 g/mol. The van der Waals surface area contributed by atoms with E-state index in [0.29, 0.717) is 42.6 Å². The third-order valence-corrected chi connectivity index (χ3v) is 8.03. The van der Waals surface area contributed by atoms with E-state index in [1.54, 1.807) is 13.0 Å². The molecule has 0 bridgehead atoms. The summed E-state index contributed by atoms with van der Waals surface area (Å²) >= 11 is 0. The number of halogens is 2. The molecule has 2 fully saturated rings. The number of fused-ring (bicyclic) bond motifs is 1. The minimum atomic E-state index is -1.06. The fourth-order valence-corrected chi connectivity index (χ4v) is 5.89. The minimum absolute atomic E-state index is 0.0710. The average Bonchev–Trinajstić information content (AvgIpc) is 3.50. The molecule has 0 spiro atoms. The molecule has 39 heavy (non-hydrogen) atoms. The molecular weight excluding hydrogens is 502 g/mol. The van der Waals surface area contributed by atoms with Crippen LogP contribution in [0, 0.1) is 42.5 Å². The normalized spacial score (nSPS) is 19.6. The molecule has 204 valence electrons. The predicted molar refractivity (Wildman–Crippen MR) is 142 cm³/mol. The first-order valence-electron chi connectivity index (χ1n) is 13.2. The number of hydrogen-bond acceptors (Lipinski definition) is 4. The van der Waals surface area contributed by atoms with Crippen LogP contribution in [0.3, 0.4) is 0 Å². The van der Waals surface area contributed by atoms with Gasteiger partial charge in [-0.05, 0) is 54.5 Å². The number of carbonyl (C=O) groups is 2. The van der Waals surface area contributed by atoms with Crippen LogP contribution in [0.5, 0.6) is 0 Å². The highest BCUT2D eigenvalue weighted by molar-refractivity contribution is 5.96. The van der Waals surface area contributed by atoms with Crippen molar-refractivity contribution in [1.29, 1.82) is 0 Å². The molecule has 7 nitrogen and oxygen atoms in total. The molecule has 1 aromatic heterocycles. The first-order chi connectivity index (χ1) is 18.7. The molecule has 0 aliphatic carbocycles. The van der Waals surface area contributed by atoms with E-state index in [-0.39, 0.29) is 17.5 Å². The maximum absolute atomic E-state index is 13.7. The lowest BCUT2D eigenvalue weighted by molar-refractivity contribution is -0.612. The van der Waals surface area contributed by atoms with Gasteiger partial charge in [-0.3, -0.25) is 9.59 Å². The summed E-state index contributed by atoms with van der Waals surface area (Å²) in [7, 11) is 0. The largest absolute Gasteiger partial charge is 0.618 e. The number of pyridine rings is 1. The van der Waals surface area contributed by atoms with Crippen molar-refractivity contribution < 1.29 is 23.1 Å². The quantitative estimate of drug-likeness (QED) is 0.370. The van der Waals surface area contributed by atoms with Crippen LogP contribution in [-0.2, 0) is 0 Å². The molecule has 5 rings (SSSR count). The van der Waals surface area contributed by atoms with Gasteiger partial charge in [-0.15, -0.1) is 0 Å². The van der Waals surface area contributed by atoms with Crippen LogP contribution in [0.4, 0.5) is 8.78 Å². The predicted octanol–water partition coefficient (Wildman–Crippen LogP) is 3.78. The first-order valence-corrected chi connectivity index (χ1v) is 13.2. The molecular formula is C30H32F2N4O3. The Balaban J connectivity index is 1.20. The van der Waals surface area contributed by atoms with Crippen molar-refractivity contribution >= 4 is 11.8 Å². The van der Waals surface area contributed by atoms with Gasteiger partial charge in [-0.25, -0.2) is 8.78 Å². The van der Waals surface area contributed by atoms with Gasteiger partial charge in [0.15, 0.2) is 17.8 Å². The number of aryl methyl sites for hydroxylation is 1. The van der Waals surface area contributed by atoms with Crippen LogP contribution in [0.2, 0.25) is 0 Å². The van der Waals surface area contributed by atoms with Crippen molar-refractivity contribution in [2.75, 3.05) is 32.7 Å². The second-order valence-electron chi connectivity index (χ2n) is 10.6. The molecule has 0 saturated carbocycles. The van der Waals surface area contributed by atoms with Gasteiger partial charge in [-0.1, -0.05) is 30.3 Å². The van der Waals surface area contributed by atoms with Crippen LogP contribution >= 0.6 is 0 Å². The van der Waals surface area contributed by atoms with Gasteiger partial charge < -0.3 is 20.3 Å². The molecule has 0 radical (unpaired) electrons. The number of rotatable bonds is 7. The Morgan fingerprint density at radius 2 is 1.69 bits per heavy atom. The van der Waals surface area contributed by atoms with Crippen molar-refractivity contribution in [3.8, 4) is 0 Å². The summed E-state index contributed by atoms with van der Waals surface area (Å²) in [5, 5.41) is 15.0. The number of hydrogen-bond donors (Lipinski definition) is 1. The summed E-state index contributed by atoms with van der Waals surface area (Å²) in [6, 6.07) is 14.1. The van der Waals surface area contributed by atoms with E-state index in [9.17, 15) is 23.6 Å². The maximum Gasteiger partial charge on any atom is 0.260 e. The number of benzene rings is 2. The van der Waals surface area contributed by atoms with Crippen LogP contribution < -0.4 is 10.0 Å². The second-order valence-corrected chi connectivity index (χ2v) is 10.6. The molecule has 3 atom stereocenters. The molecule has 2 saturated heterocycles. The van der Waals surface area contributed by atoms with E-state index >= 15 is 0 Å². The summed E-state index contributed by atoms with van der Waals surface area (Å²) in [6.45, 7) is 7.28. The van der Waals surface area contributed by atoms with Crippen LogP contribution in [0.25, 0.3) is 0 Å². The van der Waals surface area contributed by atoms with Gasteiger partial charge in [0.1, 0.15) is 5.56 Å². The lowest BCUT2D eigenvalue weighted by Crippen LogP contribution is -2.38. The zero-order valence-electron chi connectivity index (χ0n) is 22.1. The second kappa shape index (κ2) is 11.1. The number of aromatic nitrogens is 1. The van der Waals surface area contributed by atoms with E-state index in [2.05, 4.69) is 10.2 Å². The van der Waals surface area contributed by atoms with E-state index in [0.717, 1.165) is 47.6 Å². The standard InChI is InChI=1S/C30H32F2N4O3/c1-19-10-13-36(39)20(2)28(19)30(38)35-17-23-15-34(16-24(23)18-35)12-11-27(21-6-4-3-5-7-21)33-29(37)22-8-9-25(31)26(32)14-22/h3-10,13-14,23-24,27H,11-12,15-18H2,1-2H3,(H,33,37)/t23-,24?,27?/m0/s1. The van der Waals surface area contributed by atoms with Crippen molar-refractivity contribution in [2.24, 2.45) is 11.8 Å². The molecule has 1 N–H and O–H groups in total. The highest BCUT2D eigenvalue weighted by Gasteiger charge is 2.42. The zero-order chi connectivity index (χ0) is 27.7. The van der Waals surface area contributed by atoms with Crippen molar-refractivity contribution in [1.82, 2.24) is 15.1 Å². The summed E-state index contributed by atoms with van der Waals surface area (Å²) in [4.78, 5) is 30.4. The van der Waals surface area contributed by atoms with Crippen molar-refractivity contribution in [2.45, 2.75) is 26.3 Å². The van der Waals surface area contributed by atoms with Gasteiger partial charge in [-0.2, -0.15) is 4.73 Å². The highest BCUT2D eigenvalue weighted by Crippen LogP contribution is 2.33. The maximum atomic E-state index is 13.7. The van der Waals surface area contributed by atoms with Gasteiger partial charge in [0.05, 0.1) is 6.04 Å². The van der Waals surface area contributed by atoms with Crippen LogP contribution in [-0.4, -0.2) is 54.3 Å². The number of likely N-dealkylation sites (tertiary alicyclic amines) is 2. The minimum Gasteiger partial charge on any atom is -0.618 e. The number of carbonyl (C=O) groups excluding carboxylic acids is 2. The van der Waals surface area contributed by atoms with Crippen molar-refractivity contribution in [3.05, 3.63) is 106 Å². The Labute approximate surface area is 226 Å². The lowest BCUT2D eigenvalue weighted by atomic mass is 10.0. The van der Waals surface area contributed by atoms with Crippen molar-refractivity contribution in [3.63, 3.8) is 0 Å². The van der Waals surface area contributed by atoms with Gasteiger partial charge >= 0.3 is 0 Å². The third-order valence-electron chi connectivity index (χ3n) is 8.03. The van der Waals surface area contributed by atoms with E-state index in [1.165, 1.54) is 12.3 Å². The Bertz CT molecular complexity index is 1370. The highest BCUT2D eigenvalue weighted by atomic mass is 19.2. The zero-order valence-corrected chi connectivity index (χ0v) is 22.1. The molecule has 2 amide bonds. The third kappa shape index (κ3) is 5.63. The Morgan fingerprint density at radius 3 is 2.36 bits per heavy atom. The summed E-state index contributed by atoms with van der Waals surface area (Å²) in [6.07, 6.45) is 2.08. The smallest absolute Gasteiger partial charge is 0.260 e. The van der Waals surface area contributed by atoms with E-state index in [1.807, 2.05) is 42.2 Å². The SMILES string of the molecule is Cc1cc[n+]([O-])c(C)c1C(=O)N1CC2CN(CCC(NC(=O)c3ccc(F)c(F)c3)c3ccccc3)C[C@H]2C1. The number of nitrogens with zero attached hydrogens (tertiary/aromatic N) is 3. The van der Waals surface area contributed by atoms with E-state index in [4.69, 9.17) is 0 Å².